The van der Waals surface area contributed by atoms with E-state index in [1.54, 1.807) is 19.3 Å². The minimum Gasteiger partial charge on any atom is -0.346 e. The monoisotopic (exact) mass is 443 g/mol. The van der Waals surface area contributed by atoms with Gasteiger partial charge < -0.3 is 9.88 Å². The summed E-state index contributed by atoms with van der Waals surface area (Å²) in [6.07, 6.45) is 4.71. The second kappa shape index (κ2) is 10.0. The Kier molecular flexibility index (Phi) is 6.73. The van der Waals surface area contributed by atoms with Crippen molar-refractivity contribution in [3.05, 3.63) is 111 Å². The van der Waals surface area contributed by atoms with Crippen molar-refractivity contribution in [2.75, 3.05) is 0 Å². The second-order valence-electron chi connectivity index (χ2n) is 7.88. The zero-order valence-corrected chi connectivity index (χ0v) is 18.6. The molecule has 0 saturated heterocycles. The van der Waals surface area contributed by atoms with Gasteiger partial charge in [-0.1, -0.05) is 40.6 Å². The fraction of sp³-hybridized carbons (Fsp3) is 0.240. The molecule has 1 aromatic carbocycles. The Morgan fingerprint density at radius 2 is 1.76 bits per heavy atom. The molecule has 8 heteroatoms. The number of aromatic nitrogens is 4. The molecule has 4 rings (SSSR count). The summed E-state index contributed by atoms with van der Waals surface area (Å²) in [4.78, 5) is 30.3. The summed E-state index contributed by atoms with van der Waals surface area (Å²) >= 11 is 0. The van der Waals surface area contributed by atoms with Crippen molar-refractivity contribution < 1.29 is 9.42 Å². The Hall–Kier alpha value is -4.07. The first-order valence-electron chi connectivity index (χ1n) is 10.8. The minimum absolute atomic E-state index is 0.129. The van der Waals surface area contributed by atoms with E-state index in [-0.39, 0.29) is 17.5 Å². The van der Waals surface area contributed by atoms with E-state index in [0.717, 1.165) is 16.8 Å². The van der Waals surface area contributed by atoms with Crippen molar-refractivity contribution in [1.82, 2.24) is 25.2 Å². The molecule has 0 bridgehead atoms. The average Bonchev–Trinajstić information content (AvgIpc) is 3.24. The first kappa shape index (κ1) is 22.1. The summed E-state index contributed by atoms with van der Waals surface area (Å²) in [6, 6.07) is 15.4. The predicted octanol–water partition coefficient (Wildman–Crippen LogP) is 3.01. The summed E-state index contributed by atoms with van der Waals surface area (Å²) in [7, 11) is 0. The van der Waals surface area contributed by atoms with Gasteiger partial charge in [0.15, 0.2) is 5.43 Å². The Labute approximate surface area is 191 Å². The largest absolute Gasteiger partial charge is 0.346 e. The van der Waals surface area contributed by atoms with Gasteiger partial charge in [0.05, 0.1) is 6.54 Å². The number of hydrogen-bond donors (Lipinski definition) is 1. The molecule has 0 spiro atoms. The molecule has 0 saturated carbocycles. The van der Waals surface area contributed by atoms with Crippen LogP contribution in [0.3, 0.4) is 0 Å². The standard InChI is InChI=1S/C25H25N5O3/c1-17-14-23(31)24(25(32)27-15-21-18(2)28-33-29-21)22(9-8-19-6-4-3-5-7-19)30(17)16-20-10-12-26-13-11-20/h3-7,10-14H,8-9,15-16H2,1-2H3,(H,27,32). The van der Waals surface area contributed by atoms with Crippen LogP contribution in [0, 0.1) is 13.8 Å². The van der Waals surface area contributed by atoms with Crippen molar-refractivity contribution in [2.45, 2.75) is 39.8 Å². The summed E-state index contributed by atoms with van der Waals surface area (Å²) in [5, 5.41) is 10.3. The highest BCUT2D eigenvalue weighted by Gasteiger charge is 2.21. The highest BCUT2D eigenvalue weighted by atomic mass is 16.6. The fourth-order valence-electron chi connectivity index (χ4n) is 3.79. The maximum Gasteiger partial charge on any atom is 0.257 e. The molecule has 0 aliphatic heterocycles. The van der Waals surface area contributed by atoms with Crippen LogP contribution in [0.25, 0.3) is 0 Å². The van der Waals surface area contributed by atoms with Crippen LogP contribution in [-0.4, -0.2) is 25.8 Å². The van der Waals surface area contributed by atoms with Gasteiger partial charge in [-0.2, -0.15) is 0 Å². The van der Waals surface area contributed by atoms with Crippen LogP contribution in [-0.2, 0) is 25.9 Å². The van der Waals surface area contributed by atoms with Crippen molar-refractivity contribution in [3.63, 3.8) is 0 Å². The molecule has 0 atom stereocenters. The molecule has 168 valence electrons. The average molecular weight is 444 g/mol. The fourth-order valence-corrected chi connectivity index (χ4v) is 3.79. The zero-order chi connectivity index (χ0) is 23.2. The van der Waals surface area contributed by atoms with E-state index in [9.17, 15) is 9.59 Å². The molecule has 3 aromatic heterocycles. The molecule has 1 amide bonds. The highest BCUT2D eigenvalue weighted by Crippen LogP contribution is 2.16. The lowest BCUT2D eigenvalue weighted by Crippen LogP contribution is -2.33. The maximum atomic E-state index is 13.2. The van der Waals surface area contributed by atoms with Crippen molar-refractivity contribution in [3.8, 4) is 0 Å². The number of nitrogens with zero attached hydrogens (tertiary/aromatic N) is 4. The van der Waals surface area contributed by atoms with Gasteiger partial charge >= 0.3 is 0 Å². The molecule has 8 nitrogen and oxygen atoms in total. The molecule has 1 N–H and O–H groups in total. The number of pyridine rings is 2. The van der Waals surface area contributed by atoms with Crippen molar-refractivity contribution >= 4 is 5.91 Å². The molecule has 0 aliphatic carbocycles. The zero-order valence-electron chi connectivity index (χ0n) is 18.6. The number of benzene rings is 1. The van der Waals surface area contributed by atoms with Gasteiger partial charge in [0.1, 0.15) is 17.0 Å². The summed E-state index contributed by atoms with van der Waals surface area (Å²) in [5.41, 5.74) is 4.65. The Morgan fingerprint density at radius 1 is 1.00 bits per heavy atom. The van der Waals surface area contributed by atoms with E-state index in [2.05, 4.69) is 20.6 Å². The third-order valence-electron chi connectivity index (χ3n) is 5.60. The lowest BCUT2D eigenvalue weighted by Gasteiger charge is -2.20. The van der Waals surface area contributed by atoms with E-state index in [1.165, 1.54) is 6.07 Å². The molecule has 0 fully saturated rings. The number of carbonyl (C=O) groups is 1. The summed E-state index contributed by atoms with van der Waals surface area (Å²) < 4.78 is 6.74. The Balaban J connectivity index is 1.71. The Bertz CT molecular complexity index is 1300. The lowest BCUT2D eigenvalue weighted by molar-refractivity contribution is 0.0947. The lowest BCUT2D eigenvalue weighted by atomic mass is 10.0. The molecule has 4 aromatic rings. The van der Waals surface area contributed by atoms with Gasteiger partial charge in [-0.25, -0.2) is 4.63 Å². The Morgan fingerprint density at radius 3 is 2.45 bits per heavy atom. The van der Waals surface area contributed by atoms with E-state index in [1.807, 2.05) is 54.0 Å². The molecular formula is C25H25N5O3. The van der Waals surface area contributed by atoms with Gasteiger partial charge in [0, 0.05) is 36.4 Å². The quantitative estimate of drug-likeness (QED) is 0.449. The van der Waals surface area contributed by atoms with E-state index >= 15 is 0 Å². The number of hydrogen-bond acceptors (Lipinski definition) is 6. The molecular weight excluding hydrogens is 418 g/mol. The first-order valence-corrected chi connectivity index (χ1v) is 10.8. The topological polar surface area (TPSA) is 103 Å². The number of aryl methyl sites for hydroxylation is 3. The van der Waals surface area contributed by atoms with Gasteiger partial charge in [0.2, 0.25) is 0 Å². The van der Waals surface area contributed by atoms with Crippen LogP contribution in [0.5, 0.6) is 0 Å². The molecule has 0 aliphatic rings. The highest BCUT2D eigenvalue weighted by molar-refractivity contribution is 5.95. The number of amides is 1. The number of rotatable bonds is 8. The van der Waals surface area contributed by atoms with Crippen LogP contribution < -0.4 is 10.7 Å². The minimum atomic E-state index is -0.436. The third kappa shape index (κ3) is 5.23. The van der Waals surface area contributed by atoms with Crippen LogP contribution in [0.1, 0.15) is 44.3 Å². The first-order chi connectivity index (χ1) is 16.0. The molecule has 3 heterocycles. The normalized spacial score (nSPS) is 10.8. The summed E-state index contributed by atoms with van der Waals surface area (Å²) in [5.74, 6) is -0.436. The summed E-state index contributed by atoms with van der Waals surface area (Å²) in [6.45, 7) is 4.30. The van der Waals surface area contributed by atoms with E-state index in [0.29, 0.717) is 36.5 Å². The van der Waals surface area contributed by atoms with Crippen LogP contribution in [0.4, 0.5) is 0 Å². The SMILES string of the molecule is Cc1nonc1CNC(=O)c1c(CCc2ccccc2)n(Cc2ccncc2)c(C)cc1=O. The number of nitrogens with one attached hydrogen (secondary N) is 1. The van der Waals surface area contributed by atoms with Gasteiger partial charge in [-0.3, -0.25) is 14.6 Å². The molecule has 0 radical (unpaired) electrons. The van der Waals surface area contributed by atoms with E-state index < -0.39 is 5.91 Å². The van der Waals surface area contributed by atoms with Crippen LogP contribution in [0.15, 0.2) is 70.3 Å². The van der Waals surface area contributed by atoms with E-state index in [4.69, 9.17) is 4.63 Å². The third-order valence-corrected chi connectivity index (χ3v) is 5.60. The van der Waals surface area contributed by atoms with Crippen molar-refractivity contribution in [1.29, 1.82) is 0 Å². The van der Waals surface area contributed by atoms with Gasteiger partial charge in [-0.05, 0) is 49.9 Å². The van der Waals surface area contributed by atoms with Crippen LogP contribution in [0.2, 0.25) is 0 Å². The van der Waals surface area contributed by atoms with Crippen molar-refractivity contribution in [2.24, 2.45) is 0 Å². The smallest absolute Gasteiger partial charge is 0.257 e. The number of carbonyl (C=O) groups excluding carboxylic acids is 1. The second-order valence-corrected chi connectivity index (χ2v) is 7.88. The van der Waals surface area contributed by atoms with Gasteiger partial charge in [0.25, 0.3) is 5.91 Å². The molecule has 33 heavy (non-hydrogen) atoms. The molecule has 0 unspecified atom stereocenters. The van der Waals surface area contributed by atoms with Crippen LogP contribution >= 0.6 is 0 Å². The predicted molar refractivity (Wildman–Crippen MR) is 123 cm³/mol. The van der Waals surface area contributed by atoms with Gasteiger partial charge in [-0.15, -0.1) is 0 Å². The maximum absolute atomic E-state index is 13.2.